The lowest BCUT2D eigenvalue weighted by atomic mass is 9.93. The first-order chi connectivity index (χ1) is 12.6. The van der Waals surface area contributed by atoms with Gasteiger partial charge in [0.25, 0.3) is 0 Å². The van der Waals surface area contributed by atoms with Gasteiger partial charge in [-0.15, -0.1) is 0 Å². The average Bonchev–Trinajstić information content (AvgIpc) is 2.99. The van der Waals surface area contributed by atoms with Gasteiger partial charge in [-0.2, -0.15) is 0 Å². The highest BCUT2D eigenvalue weighted by Crippen LogP contribution is 2.30. The third kappa shape index (κ3) is 4.21. The van der Waals surface area contributed by atoms with E-state index in [4.69, 9.17) is 0 Å². The second kappa shape index (κ2) is 7.07. The average molecular weight is 388 g/mol. The first kappa shape index (κ1) is 19.5. The van der Waals surface area contributed by atoms with E-state index >= 15 is 0 Å². The van der Waals surface area contributed by atoms with Crippen LogP contribution in [-0.4, -0.2) is 31.2 Å². The summed E-state index contributed by atoms with van der Waals surface area (Å²) < 4.78 is 26.3. The van der Waals surface area contributed by atoms with Crippen LogP contribution < -0.4 is 10.0 Å². The molecular formula is C20H24N2O4S. The van der Waals surface area contributed by atoms with Crippen LogP contribution in [0.2, 0.25) is 0 Å². The lowest BCUT2D eigenvalue weighted by Crippen LogP contribution is -2.41. The SMILES string of the molecule is CC(C)S(=O)(=O)NCC(C)(O)c1ccc(-c2ccc3c(c2)CC(=O)N3)cc1. The lowest BCUT2D eigenvalue weighted by Gasteiger charge is -2.25. The van der Waals surface area contributed by atoms with Gasteiger partial charge in [0.05, 0.1) is 11.7 Å². The predicted molar refractivity (Wildman–Crippen MR) is 106 cm³/mol. The molecule has 2 aromatic rings. The van der Waals surface area contributed by atoms with Crippen LogP contribution in [-0.2, 0) is 26.8 Å². The van der Waals surface area contributed by atoms with Gasteiger partial charge in [-0.3, -0.25) is 4.79 Å². The summed E-state index contributed by atoms with van der Waals surface area (Å²) in [7, 11) is -3.44. The zero-order valence-electron chi connectivity index (χ0n) is 15.6. The number of carbonyl (C=O) groups excluding carboxylic acids is 1. The van der Waals surface area contributed by atoms with Crippen LogP contribution in [0.15, 0.2) is 42.5 Å². The normalized spacial score (nSPS) is 16.1. The van der Waals surface area contributed by atoms with Crippen LogP contribution >= 0.6 is 0 Å². The largest absolute Gasteiger partial charge is 0.384 e. The number of benzene rings is 2. The summed E-state index contributed by atoms with van der Waals surface area (Å²) in [4.78, 5) is 11.5. The van der Waals surface area contributed by atoms with Crippen molar-refractivity contribution >= 4 is 21.6 Å². The summed E-state index contributed by atoms with van der Waals surface area (Å²) in [6.45, 7) is 4.66. The van der Waals surface area contributed by atoms with E-state index in [-0.39, 0.29) is 12.5 Å². The van der Waals surface area contributed by atoms with Gasteiger partial charge in [0.15, 0.2) is 0 Å². The third-order valence-corrected chi connectivity index (χ3v) is 6.60. The van der Waals surface area contributed by atoms with E-state index in [1.807, 2.05) is 30.3 Å². The maximum atomic E-state index is 11.9. The fraction of sp³-hybridized carbons (Fsp3) is 0.350. The van der Waals surface area contributed by atoms with Crippen molar-refractivity contribution < 1.29 is 18.3 Å². The molecule has 1 unspecified atom stereocenters. The van der Waals surface area contributed by atoms with Crippen molar-refractivity contribution in [2.45, 2.75) is 38.0 Å². The highest BCUT2D eigenvalue weighted by atomic mass is 32.2. The first-order valence-corrected chi connectivity index (χ1v) is 10.4. The molecule has 0 saturated heterocycles. The fourth-order valence-electron chi connectivity index (χ4n) is 2.94. The topological polar surface area (TPSA) is 95.5 Å². The number of fused-ring (bicyclic) bond motifs is 1. The number of hydrogen-bond acceptors (Lipinski definition) is 4. The maximum absolute atomic E-state index is 11.9. The van der Waals surface area contributed by atoms with Crippen molar-refractivity contribution in [2.24, 2.45) is 0 Å². The summed E-state index contributed by atoms with van der Waals surface area (Å²) in [6, 6.07) is 13.1. The quantitative estimate of drug-likeness (QED) is 0.708. The first-order valence-electron chi connectivity index (χ1n) is 8.83. The molecule has 1 amide bonds. The van der Waals surface area contributed by atoms with Crippen molar-refractivity contribution in [3.05, 3.63) is 53.6 Å². The van der Waals surface area contributed by atoms with E-state index in [0.29, 0.717) is 12.0 Å². The molecule has 1 aliphatic rings. The van der Waals surface area contributed by atoms with Crippen molar-refractivity contribution in [1.29, 1.82) is 0 Å². The minimum atomic E-state index is -3.44. The zero-order valence-corrected chi connectivity index (χ0v) is 16.4. The Morgan fingerprint density at radius 2 is 1.78 bits per heavy atom. The third-order valence-electron chi connectivity index (χ3n) is 4.81. The van der Waals surface area contributed by atoms with Gasteiger partial charge in [-0.1, -0.05) is 30.3 Å². The summed E-state index contributed by atoms with van der Waals surface area (Å²) >= 11 is 0. The molecule has 1 heterocycles. The molecule has 144 valence electrons. The zero-order chi connectivity index (χ0) is 19.8. The molecule has 7 heteroatoms. The van der Waals surface area contributed by atoms with Gasteiger partial charge >= 0.3 is 0 Å². The molecule has 0 radical (unpaired) electrons. The van der Waals surface area contributed by atoms with Gasteiger partial charge in [0.2, 0.25) is 15.9 Å². The molecule has 6 nitrogen and oxygen atoms in total. The van der Waals surface area contributed by atoms with Crippen LogP contribution in [0.5, 0.6) is 0 Å². The summed E-state index contributed by atoms with van der Waals surface area (Å²) in [5.74, 6) is -0.00241. The van der Waals surface area contributed by atoms with Crippen molar-refractivity contribution in [2.75, 3.05) is 11.9 Å². The number of nitrogens with one attached hydrogen (secondary N) is 2. The lowest BCUT2D eigenvalue weighted by molar-refractivity contribution is -0.115. The van der Waals surface area contributed by atoms with Crippen molar-refractivity contribution in [1.82, 2.24) is 4.72 Å². The second-order valence-corrected chi connectivity index (χ2v) is 9.68. The summed E-state index contributed by atoms with van der Waals surface area (Å²) in [5, 5.41) is 12.9. The highest BCUT2D eigenvalue weighted by molar-refractivity contribution is 7.90. The molecule has 0 bridgehead atoms. The van der Waals surface area contributed by atoms with Gasteiger partial charge in [0.1, 0.15) is 5.60 Å². The molecule has 0 aliphatic carbocycles. The van der Waals surface area contributed by atoms with Gasteiger partial charge < -0.3 is 10.4 Å². The molecule has 27 heavy (non-hydrogen) atoms. The standard InChI is InChI=1S/C20H24N2O4S/c1-13(2)27(25,26)21-12-20(3,24)17-7-4-14(5-8-17)15-6-9-18-16(10-15)11-19(23)22-18/h4-10,13,21,24H,11-12H2,1-3H3,(H,22,23). The van der Waals surface area contributed by atoms with Crippen molar-refractivity contribution in [3.8, 4) is 11.1 Å². The molecule has 3 N–H and O–H groups in total. The second-order valence-electron chi connectivity index (χ2n) is 7.36. The molecule has 2 aromatic carbocycles. The van der Waals surface area contributed by atoms with Gasteiger partial charge in [-0.25, -0.2) is 13.1 Å². The molecular weight excluding hydrogens is 364 g/mol. The smallest absolute Gasteiger partial charge is 0.228 e. The molecule has 0 aromatic heterocycles. The van der Waals surface area contributed by atoms with Crippen LogP contribution in [0.1, 0.15) is 31.9 Å². The number of rotatable bonds is 6. The Hall–Kier alpha value is -2.22. The minimum absolute atomic E-state index is 0.00241. The Bertz CT molecular complexity index is 964. The molecule has 0 saturated carbocycles. The molecule has 1 atom stereocenters. The van der Waals surface area contributed by atoms with Crippen LogP contribution in [0.4, 0.5) is 5.69 Å². The Morgan fingerprint density at radius 3 is 2.41 bits per heavy atom. The van der Waals surface area contributed by atoms with E-state index in [0.717, 1.165) is 22.4 Å². The van der Waals surface area contributed by atoms with E-state index in [1.54, 1.807) is 32.9 Å². The van der Waals surface area contributed by atoms with Crippen molar-refractivity contribution in [3.63, 3.8) is 0 Å². The molecule has 0 fully saturated rings. The Labute approximate surface area is 159 Å². The van der Waals surface area contributed by atoms with Gasteiger partial charge in [0, 0.05) is 12.2 Å². The number of sulfonamides is 1. The van der Waals surface area contributed by atoms with E-state index in [1.165, 1.54) is 0 Å². The van der Waals surface area contributed by atoms with E-state index in [9.17, 15) is 18.3 Å². The van der Waals surface area contributed by atoms with E-state index < -0.39 is 20.9 Å². The van der Waals surface area contributed by atoms with E-state index in [2.05, 4.69) is 10.0 Å². The molecule has 3 rings (SSSR count). The fourth-order valence-corrected chi connectivity index (χ4v) is 3.76. The molecule has 1 aliphatic heterocycles. The maximum Gasteiger partial charge on any atom is 0.228 e. The number of hydrogen-bond donors (Lipinski definition) is 3. The Balaban J connectivity index is 1.77. The monoisotopic (exact) mass is 388 g/mol. The van der Waals surface area contributed by atoms with Crippen LogP contribution in [0.25, 0.3) is 11.1 Å². The van der Waals surface area contributed by atoms with Gasteiger partial charge in [-0.05, 0) is 55.2 Å². The highest BCUT2D eigenvalue weighted by Gasteiger charge is 2.27. The Morgan fingerprint density at radius 1 is 1.15 bits per heavy atom. The number of amides is 1. The molecule has 0 spiro atoms. The summed E-state index contributed by atoms with van der Waals surface area (Å²) in [6.07, 6.45) is 0.381. The number of aliphatic hydroxyl groups is 1. The summed E-state index contributed by atoms with van der Waals surface area (Å²) in [5.41, 5.74) is 3.05. The Kier molecular flexibility index (Phi) is 5.12. The number of carbonyl (C=O) groups is 1. The van der Waals surface area contributed by atoms with Crippen LogP contribution in [0.3, 0.4) is 0 Å². The minimum Gasteiger partial charge on any atom is -0.384 e. The number of anilines is 1. The predicted octanol–water partition coefficient (Wildman–Crippen LogP) is 2.38. The van der Waals surface area contributed by atoms with Crippen LogP contribution in [0, 0.1) is 0 Å².